The lowest BCUT2D eigenvalue weighted by atomic mass is 10.1. The van der Waals surface area contributed by atoms with E-state index in [9.17, 15) is 9.18 Å². The zero-order valence-corrected chi connectivity index (χ0v) is 13.4. The van der Waals surface area contributed by atoms with Gasteiger partial charge in [-0.25, -0.2) is 4.39 Å². The van der Waals surface area contributed by atoms with Crippen LogP contribution >= 0.6 is 0 Å². The summed E-state index contributed by atoms with van der Waals surface area (Å²) in [6, 6.07) is 7.56. The van der Waals surface area contributed by atoms with E-state index in [-0.39, 0.29) is 17.7 Å². The molecule has 0 aliphatic heterocycles. The maximum absolute atomic E-state index is 13.7. The number of carbonyl (C=O) groups excluding carboxylic acids is 1. The molecule has 7 heteroatoms. The summed E-state index contributed by atoms with van der Waals surface area (Å²) in [5, 5.41) is 6.76. The van der Waals surface area contributed by atoms with E-state index in [1.165, 1.54) is 18.2 Å². The topological polar surface area (TPSA) is 80.9 Å². The fraction of sp³-hybridized carbons (Fsp3) is 0.222. The first-order valence-corrected chi connectivity index (χ1v) is 7.96. The molecule has 4 rings (SSSR count). The van der Waals surface area contributed by atoms with Crippen molar-refractivity contribution in [2.75, 3.05) is 5.32 Å². The van der Waals surface area contributed by atoms with Crippen LogP contribution < -0.4 is 5.32 Å². The lowest BCUT2D eigenvalue weighted by Crippen LogP contribution is -2.15. The van der Waals surface area contributed by atoms with Gasteiger partial charge in [0.1, 0.15) is 5.82 Å². The van der Waals surface area contributed by atoms with E-state index in [0.29, 0.717) is 23.0 Å². The molecule has 3 aromatic rings. The summed E-state index contributed by atoms with van der Waals surface area (Å²) >= 11 is 0. The van der Waals surface area contributed by atoms with Crippen molar-refractivity contribution in [2.24, 2.45) is 11.8 Å². The van der Waals surface area contributed by atoms with Crippen molar-refractivity contribution in [3.63, 3.8) is 0 Å². The van der Waals surface area contributed by atoms with E-state index < -0.39 is 5.82 Å². The smallest absolute Gasteiger partial charge is 0.260 e. The summed E-state index contributed by atoms with van der Waals surface area (Å²) in [6.07, 6.45) is 4.11. The normalized spacial score (nSPS) is 18.8. The fourth-order valence-corrected chi connectivity index (χ4v) is 2.67. The number of halogens is 1. The van der Waals surface area contributed by atoms with Crippen molar-refractivity contribution in [2.45, 2.75) is 13.3 Å². The molecule has 1 N–H and O–H groups in total. The van der Waals surface area contributed by atoms with Crippen LogP contribution in [0.25, 0.3) is 22.8 Å². The molecule has 0 spiro atoms. The molecule has 1 fully saturated rings. The highest BCUT2D eigenvalue weighted by molar-refractivity contribution is 5.97. The number of hydrogen-bond donors (Lipinski definition) is 1. The highest BCUT2D eigenvalue weighted by atomic mass is 19.1. The third-order valence-corrected chi connectivity index (χ3v) is 4.28. The van der Waals surface area contributed by atoms with Crippen LogP contribution in [0.4, 0.5) is 10.1 Å². The molecule has 2 heterocycles. The van der Waals surface area contributed by atoms with Gasteiger partial charge in [0.15, 0.2) is 0 Å². The lowest BCUT2D eigenvalue weighted by molar-refractivity contribution is -0.117. The minimum Gasteiger partial charge on any atom is -0.334 e. The molecule has 0 bridgehead atoms. The molecule has 6 nitrogen and oxygen atoms in total. The molecule has 2 atom stereocenters. The van der Waals surface area contributed by atoms with Crippen molar-refractivity contribution in [3.05, 3.63) is 48.5 Å². The number of carbonyl (C=O) groups is 1. The molecule has 0 unspecified atom stereocenters. The summed E-state index contributed by atoms with van der Waals surface area (Å²) in [6.45, 7) is 2.02. The molecule has 0 saturated heterocycles. The quantitative estimate of drug-likeness (QED) is 0.787. The first-order chi connectivity index (χ1) is 12.1. The molecular formula is C18H15FN4O2. The molecule has 1 aliphatic rings. The van der Waals surface area contributed by atoms with Crippen LogP contribution in [0.5, 0.6) is 0 Å². The van der Waals surface area contributed by atoms with Gasteiger partial charge in [0.25, 0.3) is 5.89 Å². The number of hydrogen-bond acceptors (Lipinski definition) is 5. The number of aromatic nitrogens is 3. The molecule has 1 amide bonds. The number of pyridine rings is 1. The molecule has 25 heavy (non-hydrogen) atoms. The Bertz CT molecular complexity index is 926. The fourth-order valence-electron chi connectivity index (χ4n) is 2.67. The summed E-state index contributed by atoms with van der Waals surface area (Å²) in [4.78, 5) is 20.5. The first-order valence-electron chi connectivity index (χ1n) is 7.96. The van der Waals surface area contributed by atoms with Crippen molar-refractivity contribution in [1.82, 2.24) is 15.1 Å². The Morgan fingerprint density at radius 1 is 1.28 bits per heavy atom. The van der Waals surface area contributed by atoms with E-state index in [1.54, 1.807) is 24.5 Å². The van der Waals surface area contributed by atoms with Crippen molar-refractivity contribution >= 4 is 11.6 Å². The predicted octanol–water partition coefficient (Wildman–Crippen LogP) is 3.53. The second kappa shape index (κ2) is 6.08. The minimum absolute atomic E-state index is 0.00738. The maximum atomic E-state index is 13.7. The summed E-state index contributed by atoms with van der Waals surface area (Å²) < 4.78 is 19.0. The Morgan fingerprint density at radius 3 is 2.76 bits per heavy atom. The average molecular weight is 338 g/mol. The van der Waals surface area contributed by atoms with Crippen LogP contribution in [0.2, 0.25) is 0 Å². The summed E-state index contributed by atoms with van der Waals surface area (Å²) in [5.74, 6) is 0.379. The molecule has 2 aromatic heterocycles. The average Bonchev–Trinajstić information content (AvgIpc) is 3.17. The van der Waals surface area contributed by atoms with Crippen molar-refractivity contribution in [1.29, 1.82) is 0 Å². The van der Waals surface area contributed by atoms with Crippen LogP contribution in [0.1, 0.15) is 13.3 Å². The standard InChI is InChI=1S/C18H15FN4O2/c1-10-8-13(10)17(24)21-15-3-2-12(19)9-14(15)18-22-16(23-25-18)11-4-6-20-7-5-11/h2-7,9-10,13H,8H2,1H3,(H,21,24)/t10-,13+/m0/s1. The van der Waals surface area contributed by atoms with E-state index in [0.717, 1.165) is 12.0 Å². The van der Waals surface area contributed by atoms with Crippen LogP contribution in [-0.4, -0.2) is 21.0 Å². The number of amides is 1. The number of rotatable bonds is 4. The predicted molar refractivity (Wildman–Crippen MR) is 88.8 cm³/mol. The highest BCUT2D eigenvalue weighted by Crippen LogP contribution is 2.39. The van der Waals surface area contributed by atoms with E-state index in [4.69, 9.17) is 4.52 Å². The largest absolute Gasteiger partial charge is 0.334 e. The van der Waals surface area contributed by atoms with Gasteiger partial charge < -0.3 is 9.84 Å². The monoisotopic (exact) mass is 338 g/mol. The molecule has 0 radical (unpaired) electrons. The van der Waals surface area contributed by atoms with Crippen LogP contribution in [0.15, 0.2) is 47.2 Å². The zero-order chi connectivity index (χ0) is 17.4. The Morgan fingerprint density at radius 2 is 2.04 bits per heavy atom. The highest BCUT2D eigenvalue weighted by Gasteiger charge is 2.39. The maximum Gasteiger partial charge on any atom is 0.260 e. The Labute approximate surface area is 143 Å². The Balaban J connectivity index is 1.66. The Hall–Kier alpha value is -3.09. The van der Waals surface area contributed by atoms with E-state index in [2.05, 4.69) is 20.4 Å². The van der Waals surface area contributed by atoms with Gasteiger partial charge in [-0.15, -0.1) is 0 Å². The molecular weight excluding hydrogens is 323 g/mol. The van der Waals surface area contributed by atoms with Crippen LogP contribution in [0.3, 0.4) is 0 Å². The minimum atomic E-state index is -0.448. The van der Waals surface area contributed by atoms with E-state index >= 15 is 0 Å². The van der Waals surface area contributed by atoms with Gasteiger partial charge in [-0.1, -0.05) is 12.1 Å². The van der Waals surface area contributed by atoms with Gasteiger partial charge in [-0.2, -0.15) is 4.98 Å². The van der Waals surface area contributed by atoms with E-state index in [1.807, 2.05) is 6.92 Å². The molecule has 126 valence electrons. The van der Waals surface area contributed by atoms with Crippen molar-refractivity contribution in [3.8, 4) is 22.8 Å². The zero-order valence-electron chi connectivity index (χ0n) is 13.4. The van der Waals surface area contributed by atoms with Gasteiger partial charge in [-0.05, 0) is 42.7 Å². The number of nitrogens with zero attached hydrogens (tertiary/aromatic N) is 3. The van der Waals surface area contributed by atoms with Crippen LogP contribution in [0, 0.1) is 17.7 Å². The van der Waals surface area contributed by atoms with Gasteiger partial charge in [0.2, 0.25) is 11.7 Å². The van der Waals surface area contributed by atoms with Crippen molar-refractivity contribution < 1.29 is 13.7 Å². The molecule has 1 saturated carbocycles. The molecule has 1 aromatic carbocycles. The van der Waals surface area contributed by atoms with Gasteiger partial charge >= 0.3 is 0 Å². The van der Waals surface area contributed by atoms with Gasteiger partial charge in [0.05, 0.1) is 11.3 Å². The van der Waals surface area contributed by atoms with Crippen LogP contribution in [-0.2, 0) is 4.79 Å². The summed E-state index contributed by atoms with van der Waals surface area (Å²) in [7, 11) is 0. The summed E-state index contributed by atoms with van der Waals surface area (Å²) in [5.41, 5.74) is 1.55. The van der Waals surface area contributed by atoms with Gasteiger partial charge in [0, 0.05) is 23.9 Å². The Kier molecular flexibility index (Phi) is 3.76. The number of nitrogens with one attached hydrogen (secondary N) is 1. The second-order valence-electron chi connectivity index (χ2n) is 6.16. The second-order valence-corrected chi connectivity index (χ2v) is 6.16. The third kappa shape index (κ3) is 3.13. The van der Waals surface area contributed by atoms with Gasteiger partial charge in [-0.3, -0.25) is 9.78 Å². The number of benzene rings is 1. The SMILES string of the molecule is C[C@H]1C[C@H]1C(=O)Nc1ccc(F)cc1-c1nc(-c2ccncc2)no1. The number of anilines is 1. The molecule has 1 aliphatic carbocycles. The first kappa shape index (κ1) is 15.4. The lowest BCUT2D eigenvalue weighted by Gasteiger charge is -2.08. The third-order valence-electron chi connectivity index (χ3n) is 4.28.